The average molecular weight is 475 g/mol. The molecule has 0 saturated heterocycles. The number of anilines is 2. The molecule has 0 aliphatic heterocycles. The maximum atomic E-state index is 13.6. The lowest BCUT2D eigenvalue weighted by molar-refractivity contribution is 0.102. The number of hydrogen-bond acceptors (Lipinski definition) is 3. The fraction of sp³-hybridized carbons (Fsp3) is 0.379. The predicted octanol–water partition coefficient (Wildman–Crippen LogP) is 7.33. The third kappa shape index (κ3) is 5.10. The molecule has 178 valence electrons. The van der Waals surface area contributed by atoms with Crippen molar-refractivity contribution in [1.29, 1.82) is 0 Å². The number of rotatable bonds is 4. The molecule has 4 rings (SSSR count). The Balaban J connectivity index is 1.69. The van der Waals surface area contributed by atoms with Crippen molar-refractivity contribution in [2.75, 3.05) is 10.6 Å². The van der Waals surface area contributed by atoms with Crippen LogP contribution in [-0.2, 0) is 12.8 Å². The van der Waals surface area contributed by atoms with Crippen LogP contribution in [0.15, 0.2) is 42.5 Å². The van der Waals surface area contributed by atoms with E-state index < -0.39 is 0 Å². The molecule has 0 bridgehead atoms. The van der Waals surface area contributed by atoms with E-state index in [1.165, 1.54) is 4.88 Å². The van der Waals surface area contributed by atoms with E-state index in [1.807, 2.05) is 57.2 Å². The van der Waals surface area contributed by atoms with Gasteiger partial charge in [-0.2, -0.15) is 0 Å². The van der Waals surface area contributed by atoms with Crippen LogP contribution in [0.3, 0.4) is 0 Å². The number of benzene rings is 2. The summed E-state index contributed by atoms with van der Waals surface area (Å²) in [4.78, 5) is 27.9. The smallest absolute Gasteiger partial charge is 0.258 e. The molecule has 2 aromatic carbocycles. The predicted molar refractivity (Wildman–Crippen MR) is 142 cm³/mol. The van der Waals surface area contributed by atoms with Gasteiger partial charge in [-0.25, -0.2) is 0 Å². The van der Waals surface area contributed by atoms with Gasteiger partial charge in [-0.15, -0.1) is 11.3 Å². The van der Waals surface area contributed by atoms with Crippen molar-refractivity contribution >= 4 is 33.8 Å². The Morgan fingerprint density at radius 3 is 2.24 bits per heavy atom. The van der Waals surface area contributed by atoms with Crippen molar-refractivity contribution in [3.05, 3.63) is 80.7 Å². The number of aryl methyl sites for hydroxylation is 3. The molecular formula is C29H34N2O2S. The van der Waals surface area contributed by atoms with E-state index in [-0.39, 0.29) is 17.2 Å². The Kier molecular flexibility index (Phi) is 6.68. The zero-order valence-electron chi connectivity index (χ0n) is 21.0. The van der Waals surface area contributed by atoms with E-state index in [2.05, 4.69) is 37.5 Å². The van der Waals surface area contributed by atoms with Crippen molar-refractivity contribution < 1.29 is 9.59 Å². The molecule has 1 heterocycles. The topological polar surface area (TPSA) is 58.2 Å². The molecule has 1 aliphatic carbocycles. The average Bonchev–Trinajstić information content (AvgIpc) is 3.12. The maximum absolute atomic E-state index is 13.6. The summed E-state index contributed by atoms with van der Waals surface area (Å²) in [6, 6.07) is 13.5. The van der Waals surface area contributed by atoms with Crippen molar-refractivity contribution in [2.24, 2.45) is 11.3 Å². The molecular weight excluding hydrogens is 440 g/mol. The second kappa shape index (κ2) is 9.38. The van der Waals surface area contributed by atoms with E-state index in [0.29, 0.717) is 22.0 Å². The summed E-state index contributed by atoms with van der Waals surface area (Å²) in [7, 11) is 0. The summed E-state index contributed by atoms with van der Waals surface area (Å²) < 4.78 is 0. The molecule has 1 aromatic heterocycles. The van der Waals surface area contributed by atoms with Crippen LogP contribution < -0.4 is 10.6 Å². The molecule has 0 radical (unpaired) electrons. The van der Waals surface area contributed by atoms with Gasteiger partial charge in [0.05, 0.1) is 5.56 Å². The normalized spacial score (nSPS) is 15.5. The van der Waals surface area contributed by atoms with E-state index in [1.54, 1.807) is 11.3 Å². The van der Waals surface area contributed by atoms with Gasteiger partial charge in [0.15, 0.2) is 0 Å². The van der Waals surface area contributed by atoms with E-state index in [4.69, 9.17) is 0 Å². The Morgan fingerprint density at radius 2 is 1.59 bits per heavy atom. The van der Waals surface area contributed by atoms with Crippen molar-refractivity contribution in [3.63, 3.8) is 0 Å². The van der Waals surface area contributed by atoms with Gasteiger partial charge in [0.2, 0.25) is 0 Å². The highest BCUT2D eigenvalue weighted by Gasteiger charge is 2.34. The Morgan fingerprint density at radius 1 is 0.912 bits per heavy atom. The van der Waals surface area contributed by atoms with Crippen LogP contribution in [0.25, 0.3) is 0 Å². The Bertz CT molecular complexity index is 1230. The zero-order chi connectivity index (χ0) is 24.6. The van der Waals surface area contributed by atoms with Gasteiger partial charge in [0.1, 0.15) is 5.00 Å². The molecule has 2 N–H and O–H groups in total. The van der Waals surface area contributed by atoms with Crippen molar-refractivity contribution in [3.8, 4) is 0 Å². The monoisotopic (exact) mass is 474 g/mol. The highest BCUT2D eigenvalue weighted by atomic mass is 32.1. The number of carbonyl (C=O) groups excluding carboxylic acids is 2. The third-order valence-corrected chi connectivity index (χ3v) is 8.06. The lowest BCUT2D eigenvalue weighted by Crippen LogP contribution is -2.27. The van der Waals surface area contributed by atoms with Crippen molar-refractivity contribution in [1.82, 2.24) is 0 Å². The first-order valence-corrected chi connectivity index (χ1v) is 12.8. The van der Waals surface area contributed by atoms with Gasteiger partial charge in [0, 0.05) is 16.1 Å². The first-order valence-electron chi connectivity index (χ1n) is 11.9. The first-order chi connectivity index (χ1) is 16.0. The van der Waals surface area contributed by atoms with Crippen LogP contribution >= 0.6 is 11.3 Å². The standard InChI is InChI=1S/C29H34N2O2S/c1-17-7-10-20(11-8-17)26(32)31-28-25(27(33)30-23-14-9-18(2)15-19(23)3)22-13-12-21(29(4,5)6)16-24(22)34-28/h7-11,14-15,21H,12-13,16H2,1-6H3,(H,30,33)(H,31,32). The molecule has 1 unspecified atom stereocenters. The maximum Gasteiger partial charge on any atom is 0.258 e. The number of hydrogen-bond donors (Lipinski definition) is 2. The molecule has 0 spiro atoms. The molecule has 0 fully saturated rings. The molecule has 1 aliphatic rings. The Labute approximate surface area is 206 Å². The minimum absolute atomic E-state index is 0.155. The molecule has 0 saturated carbocycles. The van der Waals surface area contributed by atoms with Gasteiger partial charge < -0.3 is 10.6 Å². The minimum atomic E-state index is -0.188. The fourth-order valence-electron chi connectivity index (χ4n) is 4.67. The number of fused-ring (bicyclic) bond motifs is 1. The van der Waals surface area contributed by atoms with Crippen LogP contribution in [0.5, 0.6) is 0 Å². The number of amides is 2. The summed E-state index contributed by atoms with van der Waals surface area (Å²) >= 11 is 1.56. The highest BCUT2D eigenvalue weighted by Crippen LogP contribution is 2.44. The zero-order valence-corrected chi connectivity index (χ0v) is 21.8. The van der Waals surface area contributed by atoms with Crippen LogP contribution in [0.1, 0.15) is 75.0 Å². The second-order valence-electron chi connectivity index (χ2n) is 10.6. The largest absolute Gasteiger partial charge is 0.322 e. The quantitative estimate of drug-likeness (QED) is 0.416. The molecule has 1 atom stereocenters. The third-order valence-electron chi connectivity index (χ3n) is 6.89. The molecule has 34 heavy (non-hydrogen) atoms. The lowest BCUT2D eigenvalue weighted by atomic mass is 9.72. The van der Waals surface area contributed by atoms with E-state index in [0.717, 1.165) is 47.2 Å². The van der Waals surface area contributed by atoms with E-state index in [9.17, 15) is 9.59 Å². The number of thiophene rings is 1. The molecule has 5 heteroatoms. The number of nitrogens with one attached hydrogen (secondary N) is 2. The van der Waals surface area contributed by atoms with Gasteiger partial charge in [-0.1, -0.05) is 56.2 Å². The first kappa shape index (κ1) is 24.2. The summed E-state index contributed by atoms with van der Waals surface area (Å²) in [5, 5.41) is 6.82. The molecule has 3 aromatic rings. The van der Waals surface area contributed by atoms with Crippen molar-refractivity contribution in [2.45, 2.75) is 60.8 Å². The minimum Gasteiger partial charge on any atom is -0.322 e. The van der Waals surface area contributed by atoms with Crippen LogP contribution in [0.2, 0.25) is 0 Å². The SMILES string of the molecule is Cc1ccc(C(=O)Nc2sc3c(c2C(=O)Nc2ccc(C)cc2C)CCC(C(C)(C)C)C3)cc1. The van der Waals surface area contributed by atoms with Gasteiger partial charge >= 0.3 is 0 Å². The summed E-state index contributed by atoms with van der Waals surface area (Å²) in [6.07, 6.45) is 2.83. The fourth-order valence-corrected chi connectivity index (χ4v) is 5.99. The second-order valence-corrected chi connectivity index (χ2v) is 11.7. The number of carbonyl (C=O) groups is 2. The molecule has 4 nitrogen and oxygen atoms in total. The van der Waals surface area contributed by atoms with Crippen LogP contribution in [0, 0.1) is 32.1 Å². The van der Waals surface area contributed by atoms with Crippen LogP contribution in [-0.4, -0.2) is 11.8 Å². The van der Waals surface area contributed by atoms with Gasteiger partial charge in [-0.3, -0.25) is 9.59 Å². The summed E-state index contributed by atoms with van der Waals surface area (Å²) in [5.74, 6) is 0.207. The molecule has 2 amide bonds. The highest BCUT2D eigenvalue weighted by molar-refractivity contribution is 7.17. The summed E-state index contributed by atoms with van der Waals surface area (Å²) in [5.41, 5.74) is 6.58. The Hall–Kier alpha value is -2.92. The lowest BCUT2D eigenvalue weighted by Gasteiger charge is -2.33. The summed E-state index contributed by atoms with van der Waals surface area (Å²) in [6.45, 7) is 12.9. The van der Waals surface area contributed by atoms with Gasteiger partial charge in [0.25, 0.3) is 11.8 Å². The van der Waals surface area contributed by atoms with Crippen LogP contribution in [0.4, 0.5) is 10.7 Å². The van der Waals surface area contributed by atoms with Gasteiger partial charge in [-0.05, 0) is 80.7 Å². The van der Waals surface area contributed by atoms with E-state index >= 15 is 0 Å².